The van der Waals surface area contributed by atoms with Crippen molar-refractivity contribution in [3.8, 4) is 0 Å². The van der Waals surface area contributed by atoms with Crippen molar-refractivity contribution in [2.24, 2.45) is 17.8 Å². The minimum Gasteiger partial charge on any atom is -0.466 e. The van der Waals surface area contributed by atoms with Gasteiger partial charge in [-0.15, -0.1) is 0 Å². The molecule has 134 valence electrons. The molecule has 3 aliphatic carbocycles. The van der Waals surface area contributed by atoms with Gasteiger partial charge in [-0.05, 0) is 31.2 Å². The van der Waals surface area contributed by atoms with Crippen LogP contribution >= 0.6 is 0 Å². The van der Waals surface area contributed by atoms with Gasteiger partial charge in [0.2, 0.25) is 0 Å². The average molecular weight is 345 g/mol. The van der Waals surface area contributed by atoms with E-state index in [1.54, 1.807) is 6.92 Å². The first-order chi connectivity index (χ1) is 12.1. The maximum atomic E-state index is 12.3. The summed E-state index contributed by atoms with van der Waals surface area (Å²) in [6.07, 6.45) is 1.30. The summed E-state index contributed by atoms with van der Waals surface area (Å²) in [6, 6.07) is 8.81. The molecule has 2 bridgehead atoms. The summed E-state index contributed by atoms with van der Waals surface area (Å²) in [5, 5.41) is 2.76. The van der Waals surface area contributed by atoms with Gasteiger partial charge in [0.1, 0.15) is 12.4 Å². The first-order valence-corrected chi connectivity index (χ1v) is 8.76. The highest BCUT2D eigenvalue weighted by Crippen LogP contribution is 2.43. The van der Waals surface area contributed by atoms with Crippen LogP contribution in [0.2, 0.25) is 0 Å². The van der Waals surface area contributed by atoms with Gasteiger partial charge < -0.3 is 14.8 Å². The van der Waals surface area contributed by atoms with Crippen LogP contribution in [-0.2, 0) is 25.7 Å². The molecule has 1 aromatic rings. The highest BCUT2D eigenvalue weighted by molar-refractivity contribution is 5.88. The molecule has 6 nitrogen and oxygen atoms in total. The summed E-state index contributed by atoms with van der Waals surface area (Å²) >= 11 is 0. The molecule has 1 aromatic carbocycles. The molecule has 0 radical (unpaired) electrons. The van der Waals surface area contributed by atoms with E-state index in [9.17, 15) is 14.4 Å². The Morgan fingerprint density at radius 1 is 1.16 bits per heavy atom. The minimum atomic E-state index is -0.608. The molecule has 3 saturated carbocycles. The Balaban J connectivity index is 1.66. The van der Waals surface area contributed by atoms with E-state index in [2.05, 4.69) is 5.32 Å². The number of carbonyl (C=O) groups is 3. The van der Waals surface area contributed by atoms with E-state index in [1.807, 2.05) is 30.3 Å². The second-order valence-electron chi connectivity index (χ2n) is 6.62. The van der Waals surface area contributed by atoms with Gasteiger partial charge in [-0.2, -0.15) is 0 Å². The molecule has 1 amide bonds. The fraction of sp³-hybridized carbons (Fsp3) is 0.526. The molecule has 0 saturated heterocycles. The van der Waals surface area contributed by atoms with E-state index in [0.29, 0.717) is 12.8 Å². The van der Waals surface area contributed by atoms with Crippen molar-refractivity contribution in [1.82, 2.24) is 5.32 Å². The number of ether oxygens (including phenoxy) is 2. The molecule has 6 heteroatoms. The Bertz CT molecular complexity index is 644. The Labute approximate surface area is 146 Å². The number of alkyl carbamates (subject to hydrolysis) is 1. The van der Waals surface area contributed by atoms with Gasteiger partial charge >= 0.3 is 12.1 Å². The number of rotatable bonds is 5. The summed E-state index contributed by atoms with van der Waals surface area (Å²) in [4.78, 5) is 36.7. The van der Waals surface area contributed by atoms with Crippen molar-refractivity contribution < 1.29 is 23.9 Å². The van der Waals surface area contributed by atoms with Crippen molar-refractivity contribution >= 4 is 17.8 Å². The lowest BCUT2D eigenvalue weighted by Gasteiger charge is -2.45. The number of fused-ring (bicyclic) bond motifs is 3. The van der Waals surface area contributed by atoms with Crippen LogP contribution in [0.15, 0.2) is 30.3 Å². The van der Waals surface area contributed by atoms with E-state index < -0.39 is 18.1 Å². The summed E-state index contributed by atoms with van der Waals surface area (Å²) in [6.45, 7) is 2.18. The second kappa shape index (κ2) is 7.68. The Hall–Kier alpha value is -2.37. The fourth-order valence-electron chi connectivity index (χ4n) is 3.97. The van der Waals surface area contributed by atoms with E-state index >= 15 is 0 Å². The first kappa shape index (κ1) is 17.5. The molecular weight excluding hydrogens is 322 g/mol. The molecule has 4 atom stereocenters. The number of hydrogen-bond donors (Lipinski definition) is 1. The van der Waals surface area contributed by atoms with Gasteiger partial charge in [0.15, 0.2) is 0 Å². The van der Waals surface area contributed by atoms with Crippen LogP contribution in [0.3, 0.4) is 0 Å². The van der Waals surface area contributed by atoms with Crippen LogP contribution in [0.25, 0.3) is 0 Å². The van der Waals surface area contributed by atoms with Gasteiger partial charge in [-0.1, -0.05) is 30.3 Å². The molecule has 4 rings (SSSR count). The summed E-state index contributed by atoms with van der Waals surface area (Å²) in [5.74, 6) is -1.08. The monoisotopic (exact) mass is 345 g/mol. The van der Waals surface area contributed by atoms with Gasteiger partial charge in [0.25, 0.3) is 0 Å². The zero-order chi connectivity index (χ0) is 17.8. The number of Topliss-reactive ketones (excluding diaryl/α,β-unsaturated/α-hetero) is 1. The molecule has 0 spiro atoms. The number of ketones is 1. The predicted octanol–water partition coefficient (Wildman–Crippen LogP) is 2.46. The van der Waals surface area contributed by atoms with Crippen LogP contribution in [0.4, 0.5) is 4.79 Å². The Kier molecular flexibility index (Phi) is 5.36. The lowest BCUT2D eigenvalue weighted by Crippen LogP contribution is -2.59. The van der Waals surface area contributed by atoms with Crippen LogP contribution in [0.1, 0.15) is 31.7 Å². The summed E-state index contributed by atoms with van der Waals surface area (Å²) < 4.78 is 10.4. The lowest BCUT2D eigenvalue weighted by atomic mass is 9.61. The lowest BCUT2D eigenvalue weighted by molar-refractivity contribution is -0.158. The van der Waals surface area contributed by atoms with Crippen molar-refractivity contribution in [2.45, 2.75) is 38.8 Å². The van der Waals surface area contributed by atoms with Crippen molar-refractivity contribution in [3.63, 3.8) is 0 Å². The molecule has 0 aliphatic heterocycles. The number of hydrogen-bond acceptors (Lipinski definition) is 5. The quantitative estimate of drug-likeness (QED) is 0.829. The predicted molar refractivity (Wildman–Crippen MR) is 89.5 cm³/mol. The average Bonchev–Trinajstić information content (AvgIpc) is 2.61. The van der Waals surface area contributed by atoms with Crippen LogP contribution in [0.5, 0.6) is 0 Å². The van der Waals surface area contributed by atoms with Crippen molar-refractivity contribution in [3.05, 3.63) is 35.9 Å². The number of benzene rings is 1. The minimum absolute atomic E-state index is 0.0593. The van der Waals surface area contributed by atoms with E-state index in [4.69, 9.17) is 9.47 Å². The SMILES string of the molecule is CCOC(=O)[C@H]1[C@H]2CC[C@H](C(=O)C2)[C@@H]1NC(=O)OCc1ccccc1. The Morgan fingerprint density at radius 3 is 2.60 bits per heavy atom. The molecule has 0 heterocycles. The molecule has 0 unspecified atom stereocenters. The van der Waals surface area contributed by atoms with Crippen LogP contribution < -0.4 is 5.32 Å². The first-order valence-electron chi connectivity index (χ1n) is 8.76. The van der Waals surface area contributed by atoms with E-state index in [0.717, 1.165) is 12.0 Å². The number of esters is 1. The normalized spacial score (nSPS) is 27.6. The second-order valence-corrected chi connectivity index (χ2v) is 6.62. The molecule has 25 heavy (non-hydrogen) atoms. The molecule has 3 aliphatic rings. The Morgan fingerprint density at radius 2 is 1.92 bits per heavy atom. The third kappa shape index (κ3) is 3.83. The third-order valence-corrected chi connectivity index (χ3v) is 5.11. The van der Waals surface area contributed by atoms with Gasteiger partial charge in [-0.25, -0.2) is 4.79 Å². The summed E-state index contributed by atoms with van der Waals surface area (Å²) in [5.41, 5.74) is 0.876. The van der Waals surface area contributed by atoms with Crippen LogP contribution in [-0.4, -0.2) is 30.5 Å². The number of amides is 1. The maximum Gasteiger partial charge on any atom is 0.407 e. The number of carbonyl (C=O) groups excluding carboxylic acids is 3. The highest BCUT2D eigenvalue weighted by atomic mass is 16.5. The molecule has 3 fully saturated rings. The topological polar surface area (TPSA) is 81.7 Å². The smallest absolute Gasteiger partial charge is 0.407 e. The van der Waals surface area contributed by atoms with Crippen LogP contribution in [0, 0.1) is 17.8 Å². The molecule has 1 N–H and O–H groups in total. The fourth-order valence-corrected chi connectivity index (χ4v) is 3.97. The molecular formula is C19H23NO5. The van der Waals surface area contributed by atoms with Gasteiger partial charge in [-0.3, -0.25) is 9.59 Å². The summed E-state index contributed by atoms with van der Waals surface area (Å²) in [7, 11) is 0. The third-order valence-electron chi connectivity index (χ3n) is 5.11. The standard InChI is InChI=1S/C19H23NO5/c1-2-24-18(22)16-13-8-9-14(15(21)10-13)17(16)20-19(23)25-11-12-6-4-3-5-7-12/h3-7,13-14,16-17H,2,8-11H2,1H3,(H,20,23)/t13-,14+,16-,17-/m0/s1. The molecule has 0 aromatic heterocycles. The van der Waals surface area contributed by atoms with Gasteiger partial charge in [0, 0.05) is 12.3 Å². The number of nitrogens with one attached hydrogen (secondary N) is 1. The largest absolute Gasteiger partial charge is 0.466 e. The van der Waals surface area contributed by atoms with Crippen molar-refractivity contribution in [1.29, 1.82) is 0 Å². The van der Waals surface area contributed by atoms with Crippen molar-refractivity contribution in [2.75, 3.05) is 6.61 Å². The zero-order valence-electron chi connectivity index (χ0n) is 14.3. The van der Waals surface area contributed by atoms with E-state index in [-0.39, 0.29) is 36.8 Å². The highest BCUT2D eigenvalue weighted by Gasteiger charge is 2.52. The zero-order valence-corrected chi connectivity index (χ0v) is 14.3. The van der Waals surface area contributed by atoms with E-state index in [1.165, 1.54) is 0 Å². The van der Waals surface area contributed by atoms with Gasteiger partial charge in [0.05, 0.1) is 18.6 Å². The maximum absolute atomic E-state index is 12.3.